The van der Waals surface area contributed by atoms with E-state index < -0.39 is 12.7 Å². The van der Waals surface area contributed by atoms with Crippen LogP contribution >= 0.6 is 0 Å². The molecule has 102 valence electrons. The first-order valence-corrected chi connectivity index (χ1v) is 6.10. The van der Waals surface area contributed by atoms with Crippen molar-refractivity contribution in [2.24, 2.45) is 11.1 Å². The zero-order valence-electron chi connectivity index (χ0n) is 11.0. The molecule has 0 heterocycles. The third kappa shape index (κ3) is 4.47. The van der Waals surface area contributed by atoms with Gasteiger partial charge in [0.25, 0.3) is 0 Å². The molecule has 0 bridgehead atoms. The predicted octanol–water partition coefficient (Wildman–Crippen LogP) is 2.78. The van der Waals surface area contributed by atoms with Crippen LogP contribution in [0.5, 0.6) is 0 Å². The molecular formula is C12H23F3N2. The van der Waals surface area contributed by atoms with Gasteiger partial charge < -0.3 is 5.73 Å². The molecule has 1 rings (SSSR count). The van der Waals surface area contributed by atoms with Crippen molar-refractivity contribution in [2.75, 3.05) is 6.54 Å². The van der Waals surface area contributed by atoms with Crippen molar-refractivity contribution in [3.63, 3.8) is 0 Å². The highest BCUT2D eigenvalue weighted by molar-refractivity contribution is 4.97. The molecule has 2 unspecified atom stereocenters. The van der Waals surface area contributed by atoms with Crippen molar-refractivity contribution in [2.45, 2.75) is 64.8 Å². The molecule has 1 fully saturated rings. The van der Waals surface area contributed by atoms with Crippen LogP contribution in [0.1, 0.15) is 40.5 Å². The minimum Gasteiger partial charge on any atom is -0.327 e. The molecule has 0 aromatic heterocycles. The Kier molecular flexibility index (Phi) is 4.14. The summed E-state index contributed by atoms with van der Waals surface area (Å²) in [5.74, 6) is 0. The summed E-state index contributed by atoms with van der Waals surface area (Å²) in [7, 11) is 0. The Morgan fingerprint density at radius 3 is 1.94 bits per heavy atom. The zero-order valence-corrected chi connectivity index (χ0v) is 11.0. The van der Waals surface area contributed by atoms with Crippen LogP contribution in [-0.2, 0) is 0 Å². The van der Waals surface area contributed by atoms with Gasteiger partial charge in [0.1, 0.15) is 0 Å². The summed E-state index contributed by atoms with van der Waals surface area (Å²) in [5.41, 5.74) is 5.65. The average molecular weight is 252 g/mol. The Morgan fingerprint density at radius 2 is 1.71 bits per heavy atom. The maximum absolute atomic E-state index is 12.6. The molecule has 5 heteroatoms. The zero-order chi connectivity index (χ0) is 13.4. The first kappa shape index (κ1) is 14.8. The van der Waals surface area contributed by atoms with Gasteiger partial charge in [-0.3, -0.25) is 4.90 Å². The van der Waals surface area contributed by atoms with Crippen molar-refractivity contribution in [1.29, 1.82) is 0 Å². The minimum absolute atomic E-state index is 0.0619. The largest absolute Gasteiger partial charge is 0.401 e. The molecule has 0 aromatic carbocycles. The van der Waals surface area contributed by atoms with Gasteiger partial charge in [-0.15, -0.1) is 0 Å². The van der Waals surface area contributed by atoms with E-state index in [0.29, 0.717) is 0 Å². The summed E-state index contributed by atoms with van der Waals surface area (Å²) < 4.78 is 37.9. The molecule has 0 aliphatic heterocycles. The molecule has 2 nitrogen and oxygen atoms in total. The van der Waals surface area contributed by atoms with E-state index in [1.54, 1.807) is 11.8 Å². The highest BCUT2D eigenvalue weighted by Crippen LogP contribution is 2.37. The van der Waals surface area contributed by atoms with Gasteiger partial charge in [-0.1, -0.05) is 20.8 Å². The standard InChI is InChI=1S/C12H23F3N2/c1-8(16)10(11(2,3)4)17(9-5-6-9)7-12(13,14)15/h8-10H,5-7,16H2,1-4H3. The van der Waals surface area contributed by atoms with E-state index in [2.05, 4.69) is 0 Å². The van der Waals surface area contributed by atoms with Gasteiger partial charge in [0, 0.05) is 18.1 Å². The lowest BCUT2D eigenvalue weighted by atomic mass is 9.81. The highest BCUT2D eigenvalue weighted by atomic mass is 19.4. The monoisotopic (exact) mass is 252 g/mol. The van der Waals surface area contributed by atoms with E-state index in [-0.39, 0.29) is 23.5 Å². The maximum atomic E-state index is 12.6. The Balaban J connectivity index is 2.86. The van der Waals surface area contributed by atoms with Crippen LogP contribution < -0.4 is 5.73 Å². The number of hydrogen-bond acceptors (Lipinski definition) is 2. The van der Waals surface area contributed by atoms with Crippen LogP contribution in [0.3, 0.4) is 0 Å². The molecule has 0 saturated heterocycles. The number of nitrogens with two attached hydrogens (primary N) is 1. The highest BCUT2D eigenvalue weighted by Gasteiger charge is 2.45. The van der Waals surface area contributed by atoms with Crippen LogP contribution in [0, 0.1) is 5.41 Å². The number of rotatable bonds is 4. The quantitative estimate of drug-likeness (QED) is 0.833. The fourth-order valence-electron chi connectivity index (χ4n) is 2.66. The smallest absolute Gasteiger partial charge is 0.327 e. The Hall–Kier alpha value is -0.290. The predicted molar refractivity (Wildman–Crippen MR) is 62.7 cm³/mol. The van der Waals surface area contributed by atoms with Gasteiger partial charge in [0.15, 0.2) is 0 Å². The Morgan fingerprint density at radius 1 is 1.24 bits per heavy atom. The van der Waals surface area contributed by atoms with Crippen LogP contribution in [-0.4, -0.2) is 35.7 Å². The van der Waals surface area contributed by atoms with Gasteiger partial charge in [-0.05, 0) is 25.2 Å². The molecule has 1 aliphatic carbocycles. The van der Waals surface area contributed by atoms with E-state index in [1.165, 1.54) is 0 Å². The van der Waals surface area contributed by atoms with Crippen molar-refractivity contribution in [3.8, 4) is 0 Å². The fraction of sp³-hybridized carbons (Fsp3) is 1.00. The van der Waals surface area contributed by atoms with Gasteiger partial charge in [0.05, 0.1) is 6.54 Å². The van der Waals surface area contributed by atoms with E-state index in [9.17, 15) is 13.2 Å². The average Bonchev–Trinajstić information content (AvgIpc) is 2.76. The van der Waals surface area contributed by atoms with Crippen LogP contribution in [0.25, 0.3) is 0 Å². The Labute approximate surface area is 101 Å². The van der Waals surface area contributed by atoms with Gasteiger partial charge >= 0.3 is 6.18 Å². The summed E-state index contributed by atoms with van der Waals surface area (Å²) in [5, 5.41) is 0. The van der Waals surface area contributed by atoms with E-state index in [1.807, 2.05) is 20.8 Å². The second-order valence-corrected chi connectivity index (χ2v) is 6.19. The first-order valence-electron chi connectivity index (χ1n) is 6.10. The van der Waals surface area contributed by atoms with Gasteiger partial charge in [-0.25, -0.2) is 0 Å². The van der Waals surface area contributed by atoms with Crippen LogP contribution in [0.4, 0.5) is 13.2 Å². The Bertz CT molecular complexity index is 251. The van der Waals surface area contributed by atoms with Gasteiger partial charge in [0.2, 0.25) is 0 Å². The number of halogens is 3. The number of alkyl halides is 3. The third-order valence-corrected chi connectivity index (χ3v) is 3.12. The number of nitrogens with zero attached hydrogens (tertiary/aromatic N) is 1. The molecule has 0 aromatic rings. The summed E-state index contributed by atoms with van der Waals surface area (Å²) in [6.07, 6.45) is -2.44. The lowest BCUT2D eigenvalue weighted by Crippen LogP contribution is -2.56. The van der Waals surface area contributed by atoms with Crippen LogP contribution in [0.15, 0.2) is 0 Å². The topological polar surface area (TPSA) is 29.3 Å². The fourth-order valence-corrected chi connectivity index (χ4v) is 2.66. The summed E-state index contributed by atoms with van der Waals surface area (Å²) in [4.78, 5) is 1.56. The van der Waals surface area contributed by atoms with Gasteiger partial charge in [-0.2, -0.15) is 13.2 Å². The summed E-state index contributed by atoms with van der Waals surface area (Å²) in [6, 6.07) is -0.443. The molecule has 0 radical (unpaired) electrons. The molecule has 1 aliphatic rings. The lowest BCUT2D eigenvalue weighted by Gasteiger charge is -2.43. The molecule has 2 N–H and O–H groups in total. The van der Waals surface area contributed by atoms with Crippen LogP contribution in [0.2, 0.25) is 0 Å². The molecule has 17 heavy (non-hydrogen) atoms. The number of hydrogen-bond donors (Lipinski definition) is 1. The molecule has 0 amide bonds. The molecule has 0 spiro atoms. The summed E-state index contributed by atoms with van der Waals surface area (Å²) in [6.45, 7) is 6.80. The first-order chi connectivity index (χ1) is 7.52. The normalized spacial score (nSPS) is 21.7. The van der Waals surface area contributed by atoms with Crippen molar-refractivity contribution >= 4 is 0 Å². The van der Waals surface area contributed by atoms with E-state index in [4.69, 9.17) is 5.73 Å². The van der Waals surface area contributed by atoms with E-state index in [0.717, 1.165) is 12.8 Å². The molecular weight excluding hydrogens is 229 g/mol. The van der Waals surface area contributed by atoms with Crippen molar-refractivity contribution in [1.82, 2.24) is 4.90 Å². The minimum atomic E-state index is -4.15. The second kappa shape index (κ2) is 4.76. The maximum Gasteiger partial charge on any atom is 0.401 e. The molecule has 2 atom stereocenters. The summed E-state index contributed by atoms with van der Waals surface area (Å²) >= 11 is 0. The van der Waals surface area contributed by atoms with Crippen molar-refractivity contribution < 1.29 is 13.2 Å². The SMILES string of the molecule is CC(N)C(N(CC(F)(F)F)C1CC1)C(C)(C)C. The van der Waals surface area contributed by atoms with E-state index >= 15 is 0 Å². The van der Waals surface area contributed by atoms with Crippen molar-refractivity contribution in [3.05, 3.63) is 0 Å². The third-order valence-electron chi connectivity index (χ3n) is 3.12. The lowest BCUT2D eigenvalue weighted by molar-refractivity contribution is -0.158. The second-order valence-electron chi connectivity index (χ2n) is 6.19. The molecule has 1 saturated carbocycles.